The number of methoxy groups -OCH3 is 1. The van der Waals surface area contributed by atoms with Crippen molar-refractivity contribution in [1.29, 1.82) is 0 Å². The van der Waals surface area contributed by atoms with Gasteiger partial charge in [-0.2, -0.15) is 0 Å². The number of esters is 1. The van der Waals surface area contributed by atoms with E-state index in [1.165, 1.54) is 7.11 Å². The molecule has 2 aromatic rings. The highest BCUT2D eigenvalue weighted by Crippen LogP contribution is 2.17. The van der Waals surface area contributed by atoms with Gasteiger partial charge in [-0.05, 0) is 23.8 Å². The van der Waals surface area contributed by atoms with Crippen molar-refractivity contribution in [2.24, 2.45) is 0 Å². The van der Waals surface area contributed by atoms with Gasteiger partial charge < -0.3 is 15.0 Å². The first kappa shape index (κ1) is 16.5. The van der Waals surface area contributed by atoms with Crippen molar-refractivity contribution in [3.05, 3.63) is 65.7 Å². The summed E-state index contributed by atoms with van der Waals surface area (Å²) in [7, 11) is 5.10. The van der Waals surface area contributed by atoms with Crippen LogP contribution in [0.5, 0.6) is 0 Å². The van der Waals surface area contributed by atoms with Crippen molar-refractivity contribution in [1.82, 2.24) is 5.32 Å². The molecule has 2 rings (SSSR count). The second-order valence-electron chi connectivity index (χ2n) is 5.29. The standard InChI is InChI=1S/C18H20N2O3/c1-20(2)15-11-7-10-14(12-15)17(21)19-16(18(22)23-3)13-8-5-4-6-9-13/h4-12,16H,1-3H3,(H,19,21)/t16-/m0/s1. The van der Waals surface area contributed by atoms with Gasteiger partial charge in [0.1, 0.15) is 0 Å². The van der Waals surface area contributed by atoms with E-state index < -0.39 is 12.0 Å². The molecule has 0 fully saturated rings. The Morgan fingerprint density at radius 2 is 1.74 bits per heavy atom. The zero-order chi connectivity index (χ0) is 16.8. The average molecular weight is 312 g/mol. The fourth-order valence-electron chi connectivity index (χ4n) is 2.18. The summed E-state index contributed by atoms with van der Waals surface area (Å²) < 4.78 is 4.80. The number of nitrogens with one attached hydrogen (secondary N) is 1. The zero-order valence-electron chi connectivity index (χ0n) is 13.4. The second-order valence-corrected chi connectivity index (χ2v) is 5.29. The lowest BCUT2D eigenvalue weighted by molar-refractivity contribution is -0.143. The Hall–Kier alpha value is -2.82. The highest BCUT2D eigenvalue weighted by atomic mass is 16.5. The van der Waals surface area contributed by atoms with Gasteiger partial charge in [-0.3, -0.25) is 4.79 Å². The summed E-state index contributed by atoms with van der Waals surface area (Å²) in [6.45, 7) is 0. The number of amides is 1. The van der Waals surface area contributed by atoms with Crippen LogP contribution in [0.4, 0.5) is 5.69 Å². The molecule has 0 aromatic heterocycles. The molecule has 120 valence electrons. The molecule has 0 aliphatic carbocycles. The molecule has 1 atom stereocenters. The normalized spacial score (nSPS) is 11.4. The molecule has 0 heterocycles. The van der Waals surface area contributed by atoms with Crippen LogP contribution >= 0.6 is 0 Å². The Bertz CT molecular complexity index is 684. The van der Waals surface area contributed by atoms with Crippen molar-refractivity contribution in [2.45, 2.75) is 6.04 Å². The van der Waals surface area contributed by atoms with Crippen LogP contribution in [0, 0.1) is 0 Å². The Morgan fingerprint density at radius 3 is 2.35 bits per heavy atom. The minimum absolute atomic E-state index is 0.326. The second kappa shape index (κ2) is 7.45. The summed E-state index contributed by atoms with van der Waals surface area (Å²) in [6.07, 6.45) is 0. The van der Waals surface area contributed by atoms with E-state index in [2.05, 4.69) is 5.32 Å². The smallest absolute Gasteiger partial charge is 0.333 e. The topological polar surface area (TPSA) is 58.6 Å². The molecule has 0 unspecified atom stereocenters. The van der Waals surface area contributed by atoms with E-state index in [1.54, 1.807) is 30.3 Å². The number of carbonyl (C=O) groups is 2. The lowest BCUT2D eigenvalue weighted by Crippen LogP contribution is -2.34. The van der Waals surface area contributed by atoms with Crippen LogP contribution in [0.25, 0.3) is 0 Å². The molecule has 23 heavy (non-hydrogen) atoms. The molecule has 1 N–H and O–H groups in total. The van der Waals surface area contributed by atoms with Crippen molar-refractivity contribution < 1.29 is 14.3 Å². The van der Waals surface area contributed by atoms with Gasteiger partial charge in [0.25, 0.3) is 5.91 Å². The SMILES string of the molecule is COC(=O)[C@@H](NC(=O)c1cccc(N(C)C)c1)c1ccccc1. The van der Waals surface area contributed by atoms with Crippen LogP contribution in [-0.2, 0) is 9.53 Å². The van der Waals surface area contributed by atoms with Crippen LogP contribution in [0.3, 0.4) is 0 Å². The molecule has 0 radical (unpaired) electrons. The first-order valence-corrected chi connectivity index (χ1v) is 7.24. The minimum atomic E-state index is -0.836. The van der Waals surface area contributed by atoms with Gasteiger partial charge in [0.2, 0.25) is 0 Å². The van der Waals surface area contributed by atoms with Crippen molar-refractivity contribution >= 4 is 17.6 Å². The maximum absolute atomic E-state index is 12.5. The van der Waals surface area contributed by atoms with E-state index in [4.69, 9.17) is 4.74 Å². The third-order valence-electron chi connectivity index (χ3n) is 3.47. The van der Waals surface area contributed by atoms with E-state index >= 15 is 0 Å². The van der Waals surface area contributed by atoms with Crippen LogP contribution in [0.1, 0.15) is 22.0 Å². The molecular formula is C18H20N2O3. The molecule has 0 bridgehead atoms. The van der Waals surface area contributed by atoms with Gasteiger partial charge in [-0.15, -0.1) is 0 Å². The van der Waals surface area contributed by atoms with Crippen molar-refractivity contribution in [3.63, 3.8) is 0 Å². The van der Waals surface area contributed by atoms with Gasteiger partial charge in [-0.25, -0.2) is 4.79 Å². The average Bonchev–Trinajstić information content (AvgIpc) is 2.59. The van der Waals surface area contributed by atoms with E-state index in [-0.39, 0.29) is 5.91 Å². The molecule has 1 amide bonds. The van der Waals surface area contributed by atoms with Crippen LogP contribution in [0.15, 0.2) is 54.6 Å². The summed E-state index contributed by atoms with van der Waals surface area (Å²) in [5.74, 6) is -0.832. The first-order valence-electron chi connectivity index (χ1n) is 7.24. The molecule has 5 heteroatoms. The maximum Gasteiger partial charge on any atom is 0.333 e. The Morgan fingerprint density at radius 1 is 1.04 bits per heavy atom. The predicted molar refractivity (Wildman–Crippen MR) is 89.4 cm³/mol. The summed E-state index contributed by atoms with van der Waals surface area (Å²) in [5, 5.41) is 2.73. The van der Waals surface area contributed by atoms with Gasteiger partial charge in [0.15, 0.2) is 6.04 Å². The predicted octanol–water partition coefficient (Wildman–Crippen LogP) is 2.40. The molecule has 2 aromatic carbocycles. The molecule has 0 saturated heterocycles. The molecular weight excluding hydrogens is 292 g/mol. The highest BCUT2D eigenvalue weighted by Gasteiger charge is 2.24. The van der Waals surface area contributed by atoms with E-state index in [0.717, 1.165) is 5.69 Å². The lowest BCUT2D eigenvalue weighted by atomic mass is 10.1. The fourth-order valence-corrected chi connectivity index (χ4v) is 2.18. The monoisotopic (exact) mass is 312 g/mol. The van der Waals surface area contributed by atoms with Crippen molar-refractivity contribution in [2.75, 3.05) is 26.1 Å². The maximum atomic E-state index is 12.5. The van der Waals surface area contributed by atoms with Crippen LogP contribution in [-0.4, -0.2) is 33.1 Å². The quantitative estimate of drug-likeness (QED) is 0.861. The first-order chi connectivity index (χ1) is 11.0. The van der Waals surface area contributed by atoms with E-state index in [1.807, 2.05) is 43.3 Å². The van der Waals surface area contributed by atoms with Crippen molar-refractivity contribution in [3.8, 4) is 0 Å². The van der Waals surface area contributed by atoms with Gasteiger partial charge in [0.05, 0.1) is 7.11 Å². The van der Waals surface area contributed by atoms with Gasteiger partial charge in [-0.1, -0.05) is 36.4 Å². The summed E-state index contributed by atoms with van der Waals surface area (Å²) >= 11 is 0. The number of benzene rings is 2. The molecule has 0 saturated carbocycles. The number of ether oxygens (including phenoxy) is 1. The number of carbonyl (C=O) groups excluding carboxylic acids is 2. The Labute approximate surface area is 135 Å². The number of hydrogen-bond donors (Lipinski definition) is 1. The Balaban J connectivity index is 2.24. The molecule has 0 aliphatic heterocycles. The summed E-state index contributed by atoms with van der Waals surface area (Å²) in [6, 6.07) is 15.4. The van der Waals surface area contributed by atoms with Gasteiger partial charge in [0, 0.05) is 25.3 Å². The summed E-state index contributed by atoms with van der Waals surface area (Å²) in [4.78, 5) is 26.4. The molecule has 0 aliphatic rings. The number of anilines is 1. The van der Waals surface area contributed by atoms with Crippen LogP contribution in [0.2, 0.25) is 0 Å². The molecule has 0 spiro atoms. The lowest BCUT2D eigenvalue weighted by Gasteiger charge is -2.18. The number of rotatable bonds is 5. The number of hydrogen-bond acceptors (Lipinski definition) is 4. The van der Waals surface area contributed by atoms with E-state index in [9.17, 15) is 9.59 Å². The largest absolute Gasteiger partial charge is 0.467 e. The van der Waals surface area contributed by atoms with Gasteiger partial charge >= 0.3 is 5.97 Å². The highest BCUT2D eigenvalue weighted by molar-refractivity contribution is 5.97. The number of nitrogens with zero attached hydrogens (tertiary/aromatic N) is 1. The van der Waals surface area contributed by atoms with Crippen LogP contribution < -0.4 is 10.2 Å². The fraction of sp³-hybridized carbons (Fsp3) is 0.222. The Kier molecular flexibility index (Phi) is 5.36. The molecule has 5 nitrogen and oxygen atoms in total. The zero-order valence-corrected chi connectivity index (χ0v) is 13.4. The third kappa shape index (κ3) is 4.10. The third-order valence-corrected chi connectivity index (χ3v) is 3.47. The summed E-state index contributed by atoms with van der Waals surface area (Å²) in [5.41, 5.74) is 2.07. The minimum Gasteiger partial charge on any atom is -0.467 e. The van der Waals surface area contributed by atoms with E-state index in [0.29, 0.717) is 11.1 Å².